The Morgan fingerprint density at radius 3 is 3.31 bits per heavy atom. The molecular formula is C9H8N2OS. The van der Waals surface area contributed by atoms with Crippen molar-refractivity contribution in [3.05, 3.63) is 21.9 Å². The maximum atomic E-state index is 11.6. The fraction of sp³-hybridized carbons (Fsp3) is 0.333. The van der Waals surface area contributed by atoms with E-state index < -0.39 is 0 Å². The highest BCUT2D eigenvalue weighted by molar-refractivity contribution is 7.10. The largest absolute Gasteiger partial charge is 0.325 e. The number of rotatable bonds is 1. The van der Waals surface area contributed by atoms with Crippen LogP contribution in [0.5, 0.6) is 0 Å². The molecule has 2 heterocycles. The average Bonchev–Trinajstić information content (AvgIpc) is 2.58. The zero-order valence-corrected chi connectivity index (χ0v) is 7.80. The molecule has 1 aromatic rings. The monoisotopic (exact) mass is 192 g/mol. The second-order valence-electron chi connectivity index (χ2n) is 2.89. The quantitative estimate of drug-likeness (QED) is 0.629. The van der Waals surface area contributed by atoms with Crippen LogP contribution in [0.1, 0.15) is 15.2 Å². The number of amides is 1. The van der Waals surface area contributed by atoms with Gasteiger partial charge in [0.2, 0.25) is 0 Å². The fourth-order valence-electron chi connectivity index (χ4n) is 1.47. The molecule has 0 unspecified atom stereocenters. The number of thiophene rings is 1. The third kappa shape index (κ3) is 1.31. The van der Waals surface area contributed by atoms with Crippen LogP contribution >= 0.6 is 11.3 Å². The molecule has 1 amide bonds. The Bertz CT molecular complexity index is 377. The minimum Gasteiger partial charge on any atom is -0.325 e. The summed E-state index contributed by atoms with van der Waals surface area (Å²) < 4.78 is 0. The third-order valence-electron chi connectivity index (χ3n) is 2.13. The van der Waals surface area contributed by atoms with Gasteiger partial charge in [0.25, 0.3) is 5.91 Å². The van der Waals surface area contributed by atoms with E-state index >= 15 is 0 Å². The van der Waals surface area contributed by atoms with E-state index in [-0.39, 0.29) is 12.5 Å². The zero-order valence-electron chi connectivity index (χ0n) is 6.99. The van der Waals surface area contributed by atoms with E-state index in [0.29, 0.717) is 6.54 Å². The van der Waals surface area contributed by atoms with Crippen molar-refractivity contribution >= 4 is 17.2 Å². The zero-order chi connectivity index (χ0) is 9.26. The molecule has 0 N–H and O–H groups in total. The fourth-order valence-corrected chi connectivity index (χ4v) is 2.33. The predicted molar refractivity (Wildman–Crippen MR) is 49.5 cm³/mol. The molecule has 2 rings (SSSR count). The van der Waals surface area contributed by atoms with Crippen LogP contribution in [0.3, 0.4) is 0 Å². The highest BCUT2D eigenvalue weighted by Gasteiger charge is 2.24. The summed E-state index contributed by atoms with van der Waals surface area (Å²) in [4.78, 5) is 14.4. The Balaban J connectivity index is 2.28. The van der Waals surface area contributed by atoms with E-state index in [0.717, 1.165) is 16.9 Å². The second kappa shape index (κ2) is 3.19. The normalized spacial score (nSPS) is 15.3. The average molecular weight is 192 g/mol. The molecule has 0 radical (unpaired) electrons. The molecule has 66 valence electrons. The van der Waals surface area contributed by atoms with Crippen LogP contribution in [-0.4, -0.2) is 23.9 Å². The Morgan fingerprint density at radius 2 is 2.54 bits per heavy atom. The van der Waals surface area contributed by atoms with E-state index in [4.69, 9.17) is 5.26 Å². The SMILES string of the molecule is N#CCN1CCc2sccc2C1=O. The molecule has 13 heavy (non-hydrogen) atoms. The van der Waals surface area contributed by atoms with Gasteiger partial charge in [-0.1, -0.05) is 0 Å². The lowest BCUT2D eigenvalue weighted by molar-refractivity contribution is 0.0763. The van der Waals surface area contributed by atoms with Crippen molar-refractivity contribution in [2.45, 2.75) is 6.42 Å². The molecule has 1 aliphatic heterocycles. The van der Waals surface area contributed by atoms with Crippen molar-refractivity contribution in [3.63, 3.8) is 0 Å². The van der Waals surface area contributed by atoms with Crippen LogP contribution in [-0.2, 0) is 6.42 Å². The molecule has 1 aliphatic rings. The first-order valence-electron chi connectivity index (χ1n) is 4.05. The number of fused-ring (bicyclic) bond motifs is 1. The van der Waals surface area contributed by atoms with Crippen LogP contribution in [0.2, 0.25) is 0 Å². The van der Waals surface area contributed by atoms with Gasteiger partial charge in [0.1, 0.15) is 6.54 Å². The molecule has 0 atom stereocenters. The lowest BCUT2D eigenvalue weighted by atomic mass is 10.1. The number of carbonyl (C=O) groups is 1. The van der Waals surface area contributed by atoms with E-state index in [9.17, 15) is 4.79 Å². The summed E-state index contributed by atoms with van der Waals surface area (Å²) in [6, 6.07) is 3.84. The summed E-state index contributed by atoms with van der Waals surface area (Å²) in [6.07, 6.45) is 0.889. The van der Waals surface area contributed by atoms with Gasteiger partial charge in [0, 0.05) is 17.8 Å². The molecule has 3 nitrogen and oxygen atoms in total. The highest BCUT2D eigenvalue weighted by atomic mass is 32.1. The van der Waals surface area contributed by atoms with Crippen LogP contribution in [0.15, 0.2) is 11.4 Å². The predicted octanol–water partition coefficient (Wildman–Crippen LogP) is 1.27. The summed E-state index contributed by atoms with van der Waals surface area (Å²) in [6.45, 7) is 0.883. The van der Waals surface area contributed by atoms with Crippen molar-refractivity contribution in [3.8, 4) is 6.07 Å². The van der Waals surface area contributed by atoms with Gasteiger partial charge < -0.3 is 4.90 Å². The molecule has 0 saturated heterocycles. The van der Waals surface area contributed by atoms with Gasteiger partial charge in [-0.25, -0.2) is 0 Å². The molecule has 0 bridgehead atoms. The van der Waals surface area contributed by atoms with Gasteiger partial charge in [0.15, 0.2) is 0 Å². The van der Waals surface area contributed by atoms with Crippen molar-refractivity contribution in [1.29, 1.82) is 5.26 Å². The van der Waals surface area contributed by atoms with E-state index in [1.54, 1.807) is 16.2 Å². The molecule has 4 heteroatoms. The minimum absolute atomic E-state index is 0.00375. The first kappa shape index (κ1) is 8.27. The summed E-state index contributed by atoms with van der Waals surface area (Å²) >= 11 is 1.62. The number of hydrogen-bond acceptors (Lipinski definition) is 3. The third-order valence-corrected chi connectivity index (χ3v) is 3.11. The molecule has 1 aromatic heterocycles. The van der Waals surface area contributed by atoms with Crippen molar-refractivity contribution in [1.82, 2.24) is 4.90 Å². The maximum Gasteiger partial charge on any atom is 0.255 e. The molecule has 0 aliphatic carbocycles. The van der Waals surface area contributed by atoms with Gasteiger partial charge in [0.05, 0.1) is 11.6 Å². The molecule has 0 spiro atoms. The lowest BCUT2D eigenvalue weighted by Gasteiger charge is -2.23. The van der Waals surface area contributed by atoms with Gasteiger partial charge in [-0.2, -0.15) is 5.26 Å². The standard InChI is InChI=1S/C9H8N2OS/c10-3-5-11-4-1-8-7(9(11)12)2-6-13-8/h2,6H,1,4-5H2. The first-order valence-corrected chi connectivity index (χ1v) is 4.93. The van der Waals surface area contributed by atoms with Crippen LogP contribution in [0, 0.1) is 11.3 Å². The Hall–Kier alpha value is -1.34. The topological polar surface area (TPSA) is 44.1 Å². The van der Waals surface area contributed by atoms with Gasteiger partial charge in [-0.15, -0.1) is 11.3 Å². The molecular weight excluding hydrogens is 184 g/mol. The lowest BCUT2D eigenvalue weighted by Crippen LogP contribution is -2.36. The molecule has 0 saturated carbocycles. The highest BCUT2D eigenvalue weighted by Crippen LogP contribution is 2.23. The number of nitrogens with zero attached hydrogens (tertiary/aromatic N) is 2. The van der Waals surface area contributed by atoms with E-state index in [1.807, 2.05) is 17.5 Å². The Kier molecular flexibility index (Phi) is 2.03. The van der Waals surface area contributed by atoms with Crippen molar-refractivity contribution in [2.75, 3.05) is 13.1 Å². The summed E-state index contributed by atoms with van der Waals surface area (Å²) in [5, 5.41) is 10.4. The minimum atomic E-state index is 0.00375. The number of carbonyl (C=O) groups excluding carboxylic acids is 1. The molecule has 0 fully saturated rings. The van der Waals surface area contributed by atoms with Gasteiger partial charge >= 0.3 is 0 Å². The Labute approximate surface area is 80.2 Å². The number of nitriles is 1. The van der Waals surface area contributed by atoms with Crippen molar-refractivity contribution < 1.29 is 4.79 Å². The Morgan fingerprint density at radius 1 is 1.69 bits per heavy atom. The molecule has 0 aromatic carbocycles. The van der Waals surface area contributed by atoms with Crippen LogP contribution in [0.25, 0.3) is 0 Å². The first-order chi connectivity index (χ1) is 6.33. The van der Waals surface area contributed by atoms with Gasteiger partial charge in [-0.05, 0) is 11.4 Å². The summed E-state index contributed by atoms with van der Waals surface area (Å²) in [5.41, 5.74) is 0.784. The summed E-state index contributed by atoms with van der Waals surface area (Å²) in [7, 11) is 0. The van der Waals surface area contributed by atoms with Crippen molar-refractivity contribution in [2.24, 2.45) is 0 Å². The summed E-state index contributed by atoms with van der Waals surface area (Å²) in [5.74, 6) is 0.00375. The maximum absolute atomic E-state index is 11.6. The second-order valence-corrected chi connectivity index (χ2v) is 3.89. The number of hydrogen-bond donors (Lipinski definition) is 0. The van der Waals surface area contributed by atoms with E-state index in [1.165, 1.54) is 0 Å². The smallest absolute Gasteiger partial charge is 0.255 e. The van der Waals surface area contributed by atoms with Crippen LogP contribution < -0.4 is 0 Å². The van der Waals surface area contributed by atoms with Gasteiger partial charge in [-0.3, -0.25) is 4.79 Å². The van der Waals surface area contributed by atoms with Crippen LogP contribution in [0.4, 0.5) is 0 Å². The van der Waals surface area contributed by atoms with E-state index in [2.05, 4.69) is 0 Å².